The molecule has 1 aliphatic rings. The number of carbonyl (C=O) groups excluding carboxylic acids is 2. The Labute approximate surface area is 190 Å². The Morgan fingerprint density at radius 1 is 1.00 bits per heavy atom. The van der Waals surface area contributed by atoms with Crippen molar-refractivity contribution < 1.29 is 35.9 Å². The summed E-state index contributed by atoms with van der Waals surface area (Å²) in [6.45, 7) is 6.10. The fourth-order valence-corrected chi connectivity index (χ4v) is 5.17. The molecule has 1 aliphatic carbocycles. The first-order chi connectivity index (χ1) is 15.1. The smallest absolute Gasteiger partial charge is 0.321 e. The molecule has 0 spiro atoms. The number of benzene rings is 1. The lowest BCUT2D eigenvalue weighted by atomic mass is 9.72. The number of carbonyl (C=O) groups is 2. The zero-order valence-corrected chi connectivity index (χ0v) is 18.8. The lowest BCUT2D eigenvalue weighted by Crippen LogP contribution is -2.30. The molecule has 0 saturated carbocycles. The maximum absolute atomic E-state index is 13.3. The second kappa shape index (κ2) is 8.66. The molecule has 1 atom stereocenters. The van der Waals surface area contributed by atoms with E-state index in [-0.39, 0.29) is 21.9 Å². The van der Waals surface area contributed by atoms with Gasteiger partial charge in [0.1, 0.15) is 5.00 Å². The van der Waals surface area contributed by atoms with Gasteiger partial charge in [-0.05, 0) is 48.3 Å². The molecule has 0 unspecified atom stereocenters. The zero-order valence-electron chi connectivity index (χ0n) is 18.0. The van der Waals surface area contributed by atoms with Gasteiger partial charge in [0.05, 0.1) is 16.8 Å². The van der Waals surface area contributed by atoms with Crippen molar-refractivity contribution in [1.82, 2.24) is 0 Å². The minimum Gasteiger partial charge on any atom is -0.321 e. The largest absolute Gasteiger partial charge is 0.471 e. The molecule has 11 heteroatoms. The van der Waals surface area contributed by atoms with E-state index in [9.17, 15) is 35.9 Å². The highest BCUT2D eigenvalue weighted by Crippen LogP contribution is 2.45. The average Bonchev–Trinajstić information content (AvgIpc) is 3.03. The van der Waals surface area contributed by atoms with E-state index in [1.54, 1.807) is 5.32 Å². The quantitative estimate of drug-likeness (QED) is 0.470. The molecule has 180 valence electrons. The van der Waals surface area contributed by atoms with Crippen LogP contribution in [-0.2, 0) is 23.8 Å². The van der Waals surface area contributed by atoms with Crippen molar-refractivity contribution >= 4 is 33.8 Å². The number of thiophene rings is 1. The highest BCUT2D eigenvalue weighted by atomic mass is 32.1. The molecule has 2 aromatic rings. The third-order valence-corrected chi connectivity index (χ3v) is 6.85. The third-order valence-electron chi connectivity index (χ3n) is 5.68. The van der Waals surface area contributed by atoms with Gasteiger partial charge in [0.25, 0.3) is 5.91 Å². The van der Waals surface area contributed by atoms with E-state index >= 15 is 0 Å². The number of amides is 2. The number of hydrogen-bond donors (Lipinski definition) is 2. The Morgan fingerprint density at radius 3 is 2.21 bits per heavy atom. The summed E-state index contributed by atoms with van der Waals surface area (Å²) in [6, 6.07) is 4.31. The fourth-order valence-electron chi connectivity index (χ4n) is 3.85. The fraction of sp³-hybridized carbons (Fsp3) is 0.455. The SMILES string of the molecule is CC(C)(C)[C@@H]1CCc2c(sc(NC(=O)C(F)(F)F)c2C(=O)Nc2ccccc2C(F)(F)F)C1. The number of rotatable bonds is 3. The third kappa shape index (κ3) is 5.51. The summed E-state index contributed by atoms with van der Waals surface area (Å²) >= 11 is 0.860. The summed E-state index contributed by atoms with van der Waals surface area (Å²) in [4.78, 5) is 25.3. The Kier molecular flexibility index (Phi) is 6.58. The van der Waals surface area contributed by atoms with Crippen LogP contribution in [0.1, 0.15) is 53.6 Å². The standard InChI is InChI=1S/C22H22F6N2O2S/c1-20(2,3)11-8-9-12-15(10-11)33-18(30-19(32)22(26,27)28)16(12)17(31)29-14-7-5-4-6-13(14)21(23,24)25/h4-7,11H,8-10H2,1-3H3,(H,29,31)(H,30,32)/t11-/m1/s1. The molecule has 3 rings (SSSR count). The predicted octanol–water partition coefficient (Wildman–Crippen LogP) is 6.67. The Balaban J connectivity index is 2.02. The van der Waals surface area contributed by atoms with E-state index in [4.69, 9.17) is 0 Å². The number of alkyl halides is 6. The van der Waals surface area contributed by atoms with Crippen LogP contribution in [0.5, 0.6) is 0 Å². The number of fused-ring (bicyclic) bond motifs is 1. The Hall–Kier alpha value is -2.56. The molecule has 0 bridgehead atoms. The van der Waals surface area contributed by atoms with E-state index in [0.29, 0.717) is 29.7 Å². The van der Waals surface area contributed by atoms with Crippen LogP contribution >= 0.6 is 11.3 Å². The van der Waals surface area contributed by atoms with Crippen molar-refractivity contribution in [1.29, 1.82) is 0 Å². The molecule has 1 aromatic heterocycles. The molecule has 0 aliphatic heterocycles. The summed E-state index contributed by atoms with van der Waals surface area (Å²) in [6.07, 6.45) is -8.43. The first-order valence-electron chi connectivity index (χ1n) is 10.1. The van der Waals surface area contributed by atoms with Crippen LogP contribution in [0.15, 0.2) is 24.3 Å². The number of nitrogens with one attached hydrogen (secondary N) is 2. The molecular formula is C22H22F6N2O2S. The molecule has 2 N–H and O–H groups in total. The second-order valence-electron chi connectivity index (χ2n) is 8.96. The van der Waals surface area contributed by atoms with Crippen molar-refractivity contribution in [3.63, 3.8) is 0 Å². The molecular weight excluding hydrogens is 470 g/mol. The molecule has 0 radical (unpaired) electrons. The minimum atomic E-state index is -5.19. The lowest BCUT2D eigenvalue weighted by molar-refractivity contribution is -0.167. The highest BCUT2D eigenvalue weighted by molar-refractivity contribution is 7.17. The van der Waals surface area contributed by atoms with Crippen LogP contribution < -0.4 is 10.6 Å². The van der Waals surface area contributed by atoms with Crippen molar-refractivity contribution in [3.05, 3.63) is 45.8 Å². The Bertz CT molecular complexity index is 1070. The van der Waals surface area contributed by atoms with Gasteiger partial charge in [0.15, 0.2) is 0 Å². The summed E-state index contributed by atoms with van der Waals surface area (Å²) in [7, 11) is 0. The lowest BCUT2D eigenvalue weighted by Gasteiger charge is -2.33. The average molecular weight is 492 g/mol. The van der Waals surface area contributed by atoms with Crippen molar-refractivity contribution in [2.45, 2.75) is 52.4 Å². The first-order valence-corrected chi connectivity index (χ1v) is 10.9. The van der Waals surface area contributed by atoms with Crippen LogP contribution in [0.3, 0.4) is 0 Å². The molecule has 0 fully saturated rings. The van der Waals surface area contributed by atoms with Crippen LogP contribution in [0.25, 0.3) is 0 Å². The number of para-hydroxylation sites is 1. The van der Waals surface area contributed by atoms with Gasteiger partial charge in [-0.3, -0.25) is 9.59 Å². The summed E-state index contributed by atoms with van der Waals surface area (Å²) in [5, 5.41) is 3.60. The van der Waals surface area contributed by atoms with Gasteiger partial charge in [-0.2, -0.15) is 26.3 Å². The monoisotopic (exact) mass is 492 g/mol. The zero-order chi connectivity index (χ0) is 24.8. The van der Waals surface area contributed by atoms with Gasteiger partial charge in [0, 0.05) is 4.88 Å². The minimum absolute atomic E-state index is 0.0921. The van der Waals surface area contributed by atoms with E-state index in [1.165, 1.54) is 6.07 Å². The van der Waals surface area contributed by atoms with Gasteiger partial charge in [-0.15, -0.1) is 11.3 Å². The van der Waals surface area contributed by atoms with Crippen LogP contribution in [0.2, 0.25) is 0 Å². The predicted molar refractivity (Wildman–Crippen MR) is 113 cm³/mol. The van der Waals surface area contributed by atoms with Gasteiger partial charge >= 0.3 is 18.3 Å². The summed E-state index contributed by atoms with van der Waals surface area (Å²) in [5.41, 5.74) is -1.47. The van der Waals surface area contributed by atoms with E-state index in [2.05, 4.69) is 5.32 Å². The van der Waals surface area contributed by atoms with Gasteiger partial charge < -0.3 is 10.6 Å². The van der Waals surface area contributed by atoms with Crippen molar-refractivity contribution in [2.75, 3.05) is 10.6 Å². The second-order valence-corrected chi connectivity index (χ2v) is 10.1. The van der Waals surface area contributed by atoms with Crippen LogP contribution in [0.4, 0.5) is 37.0 Å². The highest BCUT2D eigenvalue weighted by Gasteiger charge is 2.41. The number of halogens is 6. The van der Waals surface area contributed by atoms with E-state index in [0.717, 1.165) is 29.5 Å². The van der Waals surface area contributed by atoms with Crippen LogP contribution in [-0.4, -0.2) is 18.0 Å². The summed E-state index contributed by atoms with van der Waals surface area (Å²) < 4.78 is 78.6. The Morgan fingerprint density at radius 2 is 1.64 bits per heavy atom. The molecule has 4 nitrogen and oxygen atoms in total. The molecule has 1 heterocycles. The van der Waals surface area contributed by atoms with Gasteiger partial charge in [0.2, 0.25) is 0 Å². The first kappa shape index (κ1) is 25.1. The molecule has 2 amide bonds. The van der Waals surface area contributed by atoms with Gasteiger partial charge in [-0.25, -0.2) is 0 Å². The normalized spacial score (nSPS) is 16.8. The molecule has 33 heavy (non-hydrogen) atoms. The van der Waals surface area contributed by atoms with Crippen molar-refractivity contribution in [3.8, 4) is 0 Å². The maximum Gasteiger partial charge on any atom is 0.471 e. The molecule has 0 saturated heterocycles. The molecule has 1 aromatic carbocycles. The van der Waals surface area contributed by atoms with Gasteiger partial charge in [-0.1, -0.05) is 32.9 Å². The summed E-state index contributed by atoms with van der Waals surface area (Å²) in [5.74, 6) is -3.06. The topological polar surface area (TPSA) is 58.2 Å². The van der Waals surface area contributed by atoms with E-state index < -0.39 is 35.4 Å². The van der Waals surface area contributed by atoms with Crippen LogP contribution in [0, 0.1) is 11.3 Å². The maximum atomic E-state index is 13.3. The number of anilines is 2. The van der Waals surface area contributed by atoms with E-state index in [1.807, 2.05) is 20.8 Å². The number of hydrogen-bond acceptors (Lipinski definition) is 3. The van der Waals surface area contributed by atoms with Crippen molar-refractivity contribution in [2.24, 2.45) is 11.3 Å².